The van der Waals surface area contributed by atoms with E-state index < -0.39 is 5.91 Å². The Morgan fingerprint density at radius 2 is 2.00 bits per heavy atom. The zero-order chi connectivity index (χ0) is 14.9. The number of imide groups is 1. The molecule has 2 rings (SSSR count). The number of hydrazine groups is 1. The molecule has 1 fully saturated rings. The predicted molar refractivity (Wildman–Crippen MR) is 74.5 cm³/mol. The summed E-state index contributed by atoms with van der Waals surface area (Å²) in [6, 6.07) is 1.73. The topological polar surface area (TPSA) is 92.5 Å². The van der Waals surface area contributed by atoms with Crippen molar-refractivity contribution in [3.05, 3.63) is 21.9 Å². The fraction of sp³-hybridized carbons (Fsp3) is 0.462. The number of nitrogen functional groups attached to an aromatic ring is 1. The largest absolute Gasteiger partial charge is 0.289 e. The van der Waals surface area contributed by atoms with Crippen LogP contribution in [0, 0.1) is 5.41 Å². The normalized spacial score (nSPS) is 18.2. The fourth-order valence-corrected chi connectivity index (χ4v) is 3.10. The van der Waals surface area contributed by atoms with Crippen LogP contribution < -0.4 is 11.3 Å². The summed E-state index contributed by atoms with van der Waals surface area (Å²) in [5, 5.41) is 1.74. The number of piperidine rings is 1. The van der Waals surface area contributed by atoms with Crippen molar-refractivity contribution in [3.8, 4) is 0 Å². The Kier molecular flexibility index (Phi) is 3.92. The van der Waals surface area contributed by atoms with E-state index >= 15 is 0 Å². The molecule has 0 aromatic carbocycles. The molecule has 0 spiro atoms. The van der Waals surface area contributed by atoms with Crippen LogP contribution >= 0.6 is 11.3 Å². The summed E-state index contributed by atoms with van der Waals surface area (Å²) in [6.45, 7) is 3.93. The van der Waals surface area contributed by atoms with Crippen LogP contribution in [0.25, 0.3) is 0 Å². The average molecular weight is 295 g/mol. The molecule has 0 unspecified atom stereocenters. The van der Waals surface area contributed by atoms with Gasteiger partial charge in [-0.3, -0.25) is 24.7 Å². The molecule has 108 valence electrons. The zero-order valence-electron chi connectivity index (χ0n) is 11.4. The maximum absolute atomic E-state index is 12.1. The smallest absolute Gasteiger partial charge is 0.275 e. The third-order valence-electron chi connectivity index (χ3n) is 3.27. The second-order valence-electron chi connectivity index (χ2n) is 5.64. The Balaban J connectivity index is 2.18. The third kappa shape index (κ3) is 2.88. The van der Waals surface area contributed by atoms with E-state index in [1.807, 2.05) is 13.8 Å². The van der Waals surface area contributed by atoms with Crippen molar-refractivity contribution < 1.29 is 14.4 Å². The molecule has 1 aromatic rings. The van der Waals surface area contributed by atoms with E-state index in [1.165, 1.54) is 16.2 Å². The van der Waals surface area contributed by atoms with Crippen molar-refractivity contribution in [1.29, 1.82) is 0 Å². The Morgan fingerprint density at radius 1 is 1.40 bits per heavy atom. The Labute approximate surface area is 120 Å². The summed E-state index contributed by atoms with van der Waals surface area (Å²) in [7, 11) is 0. The van der Waals surface area contributed by atoms with Gasteiger partial charge in [0.25, 0.3) is 5.91 Å². The van der Waals surface area contributed by atoms with E-state index in [0.717, 1.165) is 0 Å². The minimum absolute atomic E-state index is 0.125. The summed E-state index contributed by atoms with van der Waals surface area (Å²) in [4.78, 5) is 37.4. The molecule has 0 radical (unpaired) electrons. The highest BCUT2D eigenvalue weighted by Gasteiger charge is 2.37. The minimum Gasteiger partial charge on any atom is -0.289 e. The summed E-state index contributed by atoms with van der Waals surface area (Å²) in [5.41, 5.74) is 2.41. The number of rotatable bonds is 3. The average Bonchev–Trinajstić information content (AvgIpc) is 2.79. The molecule has 7 heteroatoms. The molecule has 0 bridgehead atoms. The molecule has 2 heterocycles. The predicted octanol–water partition coefficient (Wildman–Crippen LogP) is 1.03. The van der Waals surface area contributed by atoms with Gasteiger partial charge in [-0.05, 0) is 22.4 Å². The molecule has 3 N–H and O–H groups in total. The van der Waals surface area contributed by atoms with Gasteiger partial charge in [0.2, 0.25) is 11.8 Å². The first-order valence-electron chi connectivity index (χ1n) is 6.24. The Hall–Kier alpha value is -1.73. The van der Waals surface area contributed by atoms with Gasteiger partial charge in [-0.25, -0.2) is 5.84 Å². The molecule has 1 aliphatic heterocycles. The van der Waals surface area contributed by atoms with Gasteiger partial charge in [0, 0.05) is 12.8 Å². The molecule has 20 heavy (non-hydrogen) atoms. The summed E-state index contributed by atoms with van der Waals surface area (Å²) < 4.78 is 0. The van der Waals surface area contributed by atoms with E-state index in [9.17, 15) is 14.4 Å². The van der Waals surface area contributed by atoms with Crippen molar-refractivity contribution in [1.82, 2.24) is 10.3 Å². The van der Waals surface area contributed by atoms with Crippen LogP contribution in [0.1, 0.15) is 41.9 Å². The van der Waals surface area contributed by atoms with Crippen LogP contribution in [0.3, 0.4) is 0 Å². The van der Waals surface area contributed by atoms with Crippen LogP contribution in [0.4, 0.5) is 0 Å². The second-order valence-corrected chi connectivity index (χ2v) is 6.56. The van der Waals surface area contributed by atoms with E-state index in [2.05, 4.69) is 5.43 Å². The quantitative estimate of drug-likeness (QED) is 0.377. The number of nitrogens with one attached hydrogen (secondary N) is 1. The SMILES string of the molecule is CC1(C)CC(=O)N(Cc2ccsc2C(=O)NN)C(=O)C1. The van der Waals surface area contributed by atoms with E-state index in [1.54, 1.807) is 11.4 Å². The van der Waals surface area contributed by atoms with Crippen molar-refractivity contribution >= 4 is 29.1 Å². The standard InChI is InChI=1S/C13H17N3O3S/c1-13(2)5-9(17)16(10(18)6-13)7-8-3-4-20-11(8)12(19)15-14/h3-4H,5-7,14H2,1-2H3,(H,15,19). The van der Waals surface area contributed by atoms with Gasteiger partial charge in [0.15, 0.2) is 0 Å². The van der Waals surface area contributed by atoms with Gasteiger partial charge in [0.1, 0.15) is 0 Å². The molecule has 1 saturated heterocycles. The molecule has 0 aliphatic carbocycles. The van der Waals surface area contributed by atoms with Crippen LogP contribution in [0.2, 0.25) is 0 Å². The number of amides is 3. The number of likely N-dealkylation sites (tertiary alicyclic amines) is 1. The molecule has 1 aliphatic rings. The molecule has 6 nitrogen and oxygen atoms in total. The lowest BCUT2D eigenvalue weighted by atomic mass is 9.81. The highest BCUT2D eigenvalue weighted by Crippen LogP contribution is 2.32. The van der Waals surface area contributed by atoms with E-state index in [0.29, 0.717) is 23.3 Å². The molecule has 0 saturated carbocycles. The third-order valence-corrected chi connectivity index (χ3v) is 4.23. The van der Waals surface area contributed by atoms with Crippen molar-refractivity contribution in [2.45, 2.75) is 33.2 Å². The number of hydrogen-bond donors (Lipinski definition) is 2. The lowest BCUT2D eigenvalue weighted by Crippen LogP contribution is -2.45. The first-order chi connectivity index (χ1) is 9.34. The van der Waals surface area contributed by atoms with Crippen molar-refractivity contribution in [3.63, 3.8) is 0 Å². The Bertz CT molecular complexity index is 545. The maximum Gasteiger partial charge on any atom is 0.275 e. The highest BCUT2D eigenvalue weighted by molar-refractivity contribution is 7.12. The van der Waals surface area contributed by atoms with Crippen LogP contribution in [0.5, 0.6) is 0 Å². The van der Waals surface area contributed by atoms with Crippen LogP contribution in [-0.2, 0) is 16.1 Å². The minimum atomic E-state index is -0.410. The lowest BCUT2D eigenvalue weighted by Gasteiger charge is -2.34. The summed E-state index contributed by atoms with van der Waals surface area (Å²) in [5.74, 6) is 4.31. The molecule has 3 amide bonds. The number of nitrogens with zero attached hydrogens (tertiary/aromatic N) is 1. The molecular formula is C13H17N3O3S. The monoisotopic (exact) mass is 295 g/mol. The first kappa shape index (κ1) is 14.7. The maximum atomic E-state index is 12.1. The lowest BCUT2D eigenvalue weighted by molar-refractivity contribution is -0.153. The van der Waals surface area contributed by atoms with E-state index in [-0.39, 0.29) is 23.8 Å². The summed E-state index contributed by atoms with van der Waals surface area (Å²) in [6.07, 6.45) is 0.669. The number of carbonyl (C=O) groups excluding carboxylic acids is 3. The van der Waals surface area contributed by atoms with Gasteiger partial charge >= 0.3 is 0 Å². The fourth-order valence-electron chi connectivity index (χ4n) is 2.28. The molecular weight excluding hydrogens is 278 g/mol. The number of nitrogens with two attached hydrogens (primary N) is 1. The van der Waals surface area contributed by atoms with Gasteiger partial charge in [0.05, 0.1) is 11.4 Å². The van der Waals surface area contributed by atoms with Gasteiger partial charge < -0.3 is 0 Å². The van der Waals surface area contributed by atoms with E-state index in [4.69, 9.17) is 5.84 Å². The van der Waals surface area contributed by atoms with Gasteiger partial charge in [-0.1, -0.05) is 13.8 Å². The van der Waals surface area contributed by atoms with Crippen molar-refractivity contribution in [2.24, 2.45) is 11.3 Å². The van der Waals surface area contributed by atoms with Gasteiger partial charge in [-0.2, -0.15) is 0 Å². The molecule has 0 atom stereocenters. The van der Waals surface area contributed by atoms with Crippen LogP contribution in [-0.4, -0.2) is 22.6 Å². The molecule has 1 aromatic heterocycles. The number of thiophene rings is 1. The van der Waals surface area contributed by atoms with Gasteiger partial charge in [-0.15, -0.1) is 11.3 Å². The number of hydrogen-bond acceptors (Lipinski definition) is 5. The zero-order valence-corrected chi connectivity index (χ0v) is 12.3. The second kappa shape index (κ2) is 5.34. The summed E-state index contributed by atoms with van der Waals surface area (Å²) >= 11 is 1.23. The highest BCUT2D eigenvalue weighted by atomic mass is 32.1. The van der Waals surface area contributed by atoms with Crippen LogP contribution in [0.15, 0.2) is 11.4 Å². The Morgan fingerprint density at radius 3 is 2.55 bits per heavy atom. The number of carbonyl (C=O) groups is 3. The van der Waals surface area contributed by atoms with Crippen molar-refractivity contribution in [2.75, 3.05) is 0 Å². The first-order valence-corrected chi connectivity index (χ1v) is 7.12.